The van der Waals surface area contributed by atoms with Gasteiger partial charge in [0.2, 0.25) is 5.91 Å². The fourth-order valence-electron chi connectivity index (χ4n) is 3.32. The highest BCUT2D eigenvalue weighted by atomic mass is 35.5. The fourth-order valence-corrected chi connectivity index (χ4v) is 3.48. The molecule has 6 nitrogen and oxygen atoms in total. The summed E-state index contributed by atoms with van der Waals surface area (Å²) in [6.07, 6.45) is 8.35. The molecule has 0 aromatic carbocycles. The van der Waals surface area contributed by atoms with Crippen molar-refractivity contribution in [3.63, 3.8) is 0 Å². The van der Waals surface area contributed by atoms with E-state index in [4.69, 9.17) is 11.6 Å². The van der Waals surface area contributed by atoms with Crippen molar-refractivity contribution >= 4 is 17.5 Å². The number of hydrogen-bond acceptors (Lipinski definition) is 4. The van der Waals surface area contributed by atoms with E-state index in [0.717, 1.165) is 58.8 Å². The van der Waals surface area contributed by atoms with Crippen LogP contribution < -0.4 is 0 Å². The van der Waals surface area contributed by atoms with Crippen molar-refractivity contribution in [1.29, 1.82) is 0 Å². The minimum Gasteiger partial charge on any atom is -0.342 e. The molecule has 1 aromatic rings. The third kappa shape index (κ3) is 4.93. The van der Waals surface area contributed by atoms with Gasteiger partial charge in [0.05, 0.1) is 24.4 Å². The number of carbonyl (C=O) groups excluding carboxylic acids is 1. The van der Waals surface area contributed by atoms with Crippen LogP contribution in [0.1, 0.15) is 25.7 Å². The summed E-state index contributed by atoms with van der Waals surface area (Å²) < 4.78 is 1.86. The van der Waals surface area contributed by atoms with Crippen molar-refractivity contribution in [2.75, 3.05) is 45.8 Å². The topological polar surface area (TPSA) is 44.6 Å². The van der Waals surface area contributed by atoms with Crippen molar-refractivity contribution in [1.82, 2.24) is 24.5 Å². The number of hydrogen-bond donors (Lipinski definition) is 0. The maximum atomic E-state index is 12.4. The lowest BCUT2D eigenvalue weighted by Crippen LogP contribution is -2.50. The summed E-state index contributed by atoms with van der Waals surface area (Å²) in [5.74, 6) is 0.305. The van der Waals surface area contributed by atoms with Gasteiger partial charge in [-0.05, 0) is 12.8 Å². The molecular weight excluding hydrogens is 314 g/mol. The van der Waals surface area contributed by atoms with E-state index in [-0.39, 0.29) is 0 Å². The van der Waals surface area contributed by atoms with Gasteiger partial charge in [0.1, 0.15) is 0 Å². The van der Waals surface area contributed by atoms with E-state index < -0.39 is 0 Å². The molecule has 2 aliphatic rings. The number of likely N-dealkylation sites (tertiary alicyclic amines) is 1. The van der Waals surface area contributed by atoms with Crippen molar-refractivity contribution in [3.8, 4) is 0 Å². The van der Waals surface area contributed by atoms with E-state index in [1.807, 2.05) is 10.9 Å². The molecule has 0 N–H and O–H groups in total. The van der Waals surface area contributed by atoms with Crippen LogP contribution in [0.4, 0.5) is 0 Å². The molecule has 1 aromatic heterocycles. The predicted molar refractivity (Wildman–Crippen MR) is 90.3 cm³/mol. The molecular formula is C16H26ClN5O. The van der Waals surface area contributed by atoms with Gasteiger partial charge in [0.15, 0.2) is 0 Å². The zero-order valence-electron chi connectivity index (χ0n) is 13.7. The van der Waals surface area contributed by atoms with Crippen LogP contribution in [0.3, 0.4) is 0 Å². The Morgan fingerprint density at radius 2 is 1.65 bits per heavy atom. The summed E-state index contributed by atoms with van der Waals surface area (Å²) in [5.41, 5.74) is 0. The Labute approximate surface area is 143 Å². The molecule has 0 saturated carbocycles. The van der Waals surface area contributed by atoms with Gasteiger partial charge in [-0.2, -0.15) is 5.10 Å². The first-order valence-corrected chi connectivity index (χ1v) is 8.99. The SMILES string of the molecule is O=C(CN1CCN(Cn2cc(Cl)cn2)CC1)N1CCCCCC1. The van der Waals surface area contributed by atoms with Gasteiger partial charge >= 0.3 is 0 Å². The van der Waals surface area contributed by atoms with Gasteiger partial charge in [0, 0.05) is 45.5 Å². The van der Waals surface area contributed by atoms with Crippen molar-refractivity contribution in [3.05, 3.63) is 17.4 Å². The van der Waals surface area contributed by atoms with E-state index in [9.17, 15) is 4.79 Å². The normalized spacial score (nSPS) is 21.3. The lowest BCUT2D eigenvalue weighted by Gasteiger charge is -2.35. The summed E-state index contributed by atoms with van der Waals surface area (Å²) >= 11 is 5.89. The standard InChI is InChI=1S/C16H26ClN5O/c17-15-11-18-22(12-15)14-20-9-7-19(8-10-20)13-16(23)21-5-3-1-2-4-6-21/h11-12H,1-10,13-14H2. The zero-order chi connectivity index (χ0) is 16.1. The van der Waals surface area contributed by atoms with Crippen LogP contribution in [0.15, 0.2) is 12.4 Å². The van der Waals surface area contributed by atoms with Gasteiger partial charge in [-0.25, -0.2) is 0 Å². The molecule has 0 aliphatic carbocycles. The van der Waals surface area contributed by atoms with Crippen molar-refractivity contribution < 1.29 is 4.79 Å². The van der Waals surface area contributed by atoms with Crippen LogP contribution >= 0.6 is 11.6 Å². The van der Waals surface area contributed by atoms with Crippen molar-refractivity contribution in [2.45, 2.75) is 32.4 Å². The van der Waals surface area contributed by atoms with Gasteiger partial charge in [-0.15, -0.1) is 0 Å². The Hall–Kier alpha value is -1.11. The number of carbonyl (C=O) groups is 1. The molecule has 3 heterocycles. The largest absolute Gasteiger partial charge is 0.342 e. The highest BCUT2D eigenvalue weighted by molar-refractivity contribution is 6.30. The van der Waals surface area contributed by atoms with Crippen LogP contribution in [0.5, 0.6) is 0 Å². The Morgan fingerprint density at radius 1 is 1.00 bits per heavy atom. The molecule has 2 saturated heterocycles. The third-order valence-corrected chi connectivity index (χ3v) is 4.92. The van der Waals surface area contributed by atoms with E-state index in [1.54, 1.807) is 6.20 Å². The van der Waals surface area contributed by atoms with E-state index in [1.165, 1.54) is 12.8 Å². The first kappa shape index (κ1) is 16.7. The molecule has 23 heavy (non-hydrogen) atoms. The summed E-state index contributed by atoms with van der Waals surface area (Å²) in [5, 5.41) is 4.89. The van der Waals surface area contributed by atoms with Crippen LogP contribution in [0, 0.1) is 0 Å². The highest BCUT2D eigenvalue weighted by Crippen LogP contribution is 2.11. The maximum absolute atomic E-state index is 12.4. The van der Waals surface area contributed by atoms with Crippen LogP contribution in [0.25, 0.3) is 0 Å². The second-order valence-corrected chi connectivity index (χ2v) is 6.97. The molecule has 0 radical (unpaired) electrons. The van der Waals surface area contributed by atoms with E-state index in [2.05, 4.69) is 19.8 Å². The predicted octanol–water partition coefficient (Wildman–Crippen LogP) is 1.51. The van der Waals surface area contributed by atoms with Crippen molar-refractivity contribution in [2.24, 2.45) is 0 Å². The lowest BCUT2D eigenvalue weighted by molar-refractivity contribution is -0.132. The van der Waals surface area contributed by atoms with Crippen LogP contribution in [0.2, 0.25) is 5.02 Å². The second kappa shape index (κ2) is 8.13. The van der Waals surface area contributed by atoms with Crippen LogP contribution in [-0.2, 0) is 11.5 Å². The van der Waals surface area contributed by atoms with Crippen LogP contribution in [-0.4, -0.2) is 76.2 Å². The quantitative estimate of drug-likeness (QED) is 0.834. The average molecular weight is 340 g/mol. The number of piperazine rings is 1. The lowest BCUT2D eigenvalue weighted by atomic mass is 10.2. The monoisotopic (exact) mass is 339 g/mol. The minimum absolute atomic E-state index is 0.305. The molecule has 0 spiro atoms. The molecule has 1 amide bonds. The van der Waals surface area contributed by atoms with Gasteiger partial charge in [0.25, 0.3) is 0 Å². The number of aromatic nitrogens is 2. The Bertz CT molecular complexity index is 504. The van der Waals surface area contributed by atoms with Gasteiger partial charge in [-0.3, -0.25) is 19.3 Å². The summed E-state index contributed by atoms with van der Waals surface area (Å²) in [6, 6.07) is 0. The van der Waals surface area contributed by atoms with Gasteiger partial charge in [-0.1, -0.05) is 24.4 Å². The first-order chi connectivity index (χ1) is 11.2. The molecule has 128 valence electrons. The summed E-state index contributed by atoms with van der Waals surface area (Å²) in [6.45, 7) is 7.03. The van der Waals surface area contributed by atoms with Gasteiger partial charge < -0.3 is 4.90 Å². The number of halogens is 1. The number of amides is 1. The number of rotatable bonds is 4. The smallest absolute Gasteiger partial charge is 0.236 e. The average Bonchev–Trinajstić information content (AvgIpc) is 2.79. The third-order valence-electron chi connectivity index (χ3n) is 4.73. The second-order valence-electron chi connectivity index (χ2n) is 6.53. The highest BCUT2D eigenvalue weighted by Gasteiger charge is 2.22. The van der Waals surface area contributed by atoms with E-state index in [0.29, 0.717) is 17.5 Å². The zero-order valence-corrected chi connectivity index (χ0v) is 14.4. The van der Waals surface area contributed by atoms with E-state index >= 15 is 0 Å². The molecule has 3 rings (SSSR count). The fraction of sp³-hybridized carbons (Fsp3) is 0.750. The molecule has 2 fully saturated rings. The molecule has 0 unspecified atom stereocenters. The minimum atomic E-state index is 0.305. The maximum Gasteiger partial charge on any atom is 0.236 e. The number of nitrogens with zero attached hydrogens (tertiary/aromatic N) is 5. The first-order valence-electron chi connectivity index (χ1n) is 8.61. The Balaban J connectivity index is 1.40. The molecule has 0 bridgehead atoms. The summed E-state index contributed by atoms with van der Waals surface area (Å²) in [4.78, 5) is 19.1. The molecule has 7 heteroatoms. The Kier molecular flexibility index (Phi) is 5.91. The summed E-state index contributed by atoms with van der Waals surface area (Å²) in [7, 11) is 0. The molecule has 0 atom stereocenters. The molecule has 2 aliphatic heterocycles. The Morgan fingerprint density at radius 3 is 2.26 bits per heavy atom.